The highest BCUT2D eigenvalue weighted by Gasteiger charge is 2.29. The van der Waals surface area contributed by atoms with Crippen LogP contribution in [0.5, 0.6) is 0 Å². The van der Waals surface area contributed by atoms with Crippen molar-refractivity contribution in [3.63, 3.8) is 0 Å². The molecule has 0 spiro atoms. The minimum atomic E-state index is 0.326. The summed E-state index contributed by atoms with van der Waals surface area (Å²) in [4.78, 5) is 5.15. The maximum absolute atomic E-state index is 9.00. The summed E-state index contributed by atoms with van der Waals surface area (Å²) in [7, 11) is 0. The lowest BCUT2D eigenvalue weighted by atomic mass is 10.1. The first-order valence-corrected chi connectivity index (χ1v) is 8.38. The van der Waals surface area contributed by atoms with E-state index in [4.69, 9.17) is 9.84 Å². The largest absolute Gasteiger partial charge is 0.396 e. The molecule has 2 saturated heterocycles. The fourth-order valence-electron chi connectivity index (χ4n) is 3.62. The molecule has 2 heterocycles. The van der Waals surface area contributed by atoms with Gasteiger partial charge in [0.1, 0.15) is 0 Å². The number of aliphatic hydroxyl groups is 1. The lowest BCUT2D eigenvalue weighted by Gasteiger charge is -2.37. The van der Waals surface area contributed by atoms with Crippen molar-refractivity contribution >= 4 is 0 Å². The predicted octanol–water partition coefficient (Wildman–Crippen LogP) is 1.58. The second-order valence-corrected chi connectivity index (χ2v) is 6.80. The molecule has 1 N–H and O–H groups in total. The molecular formula is C16H32N2O2. The first-order chi connectivity index (χ1) is 9.69. The highest BCUT2D eigenvalue weighted by Crippen LogP contribution is 2.22. The van der Waals surface area contributed by atoms with Gasteiger partial charge >= 0.3 is 0 Å². The number of morpholine rings is 1. The van der Waals surface area contributed by atoms with Gasteiger partial charge in [0.15, 0.2) is 0 Å². The minimum Gasteiger partial charge on any atom is -0.396 e. The van der Waals surface area contributed by atoms with Gasteiger partial charge in [0.2, 0.25) is 0 Å². The zero-order valence-corrected chi connectivity index (χ0v) is 13.3. The molecule has 2 aliphatic heterocycles. The molecule has 0 aromatic heterocycles. The summed E-state index contributed by atoms with van der Waals surface area (Å²) in [6.07, 6.45) is 5.05. The Morgan fingerprint density at radius 3 is 2.90 bits per heavy atom. The van der Waals surface area contributed by atoms with Crippen LogP contribution in [0, 0.1) is 5.92 Å². The van der Waals surface area contributed by atoms with E-state index in [2.05, 4.69) is 23.6 Å². The van der Waals surface area contributed by atoms with Crippen molar-refractivity contribution in [2.24, 2.45) is 5.92 Å². The standard InChI is InChI=1S/C16H32N2O2/c1-14(2)11-17-8-10-20-16(12-17)13-18-7-3-5-15(18)6-4-9-19/h14-16,19H,3-13H2,1-2H3. The van der Waals surface area contributed by atoms with Crippen molar-refractivity contribution < 1.29 is 9.84 Å². The molecule has 0 amide bonds. The van der Waals surface area contributed by atoms with Crippen LogP contribution in [-0.2, 0) is 4.74 Å². The topological polar surface area (TPSA) is 35.9 Å². The average molecular weight is 284 g/mol. The lowest BCUT2D eigenvalue weighted by Crippen LogP contribution is -2.49. The Labute approximate surface area is 124 Å². The number of nitrogens with zero attached hydrogens (tertiary/aromatic N) is 2. The van der Waals surface area contributed by atoms with E-state index in [9.17, 15) is 0 Å². The second-order valence-electron chi connectivity index (χ2n) is 6.80. The first-order valence-electron chi connectivity index (χ1n) is 8.38. The lowest BCUT2D eigenvalue weighted by molar-refractivity contribution is -0.0479. The number of aliphatic hydroxyl groups excluding tert-OH is 1. The van der Waals surface area contributed by atoms with Crippen LogP contribution in [0.1, 0.15) is 39.5 Å². The summed E-state index contributed by atoms with van der Waals surface area (Å²) in [6, 6.07) is 0.672. The Bertz CT molecular complexity index is 273. The van der Waals surface area contributed by atoms with Crippen molar-refractivity contribution in [1.29, 1.82) is 0 Å². The number of rotatable bonds is 7. The third-order valence-electron chi connectivity index (χ3n) is 4.48. The maximum Gasteiger partial charge on any atom is 0.0829 e. The van der Waals surface area contributed by atoms with Gasteiger partial charge in [-0.05, 0) is 38.1 Å². The van der Waals surface area contributed by atoms with E-state index >= 15 is 0 Å². The van der Waals surface area contributed by atoms with E-state index in [1.54, 1.807) is 0 Å². The SMILES string of the molecule is CC(C)CN1CCOC(CN2CCCC2CCCO)C1. The summed E-state index contributed by atoms with van der Waals surface area (Å²) in [5.74, 6) is 0.734. The maximum atomic E-state index is 9.00. The van der Waals surface area contributed by atoms with Gasteiger partial charge in [-0.3, -0.25) is 9.80 Å². The quantitative estimate of drug-likeness (QED) is 0.770. The van der Waals surface area contributed by atoms with Crippen LogP contribution >= 0.6 is 0 Å². The second kappa shape index (κ2) is 8.32. The van der Waals surface area contributed by atoms with Crippen LogP contribution in [0.4, 0.5) is 0 Å². The van der Waals surface area contributed by atoms with E-state index in [0.717, 1.165) is 45.0 Å². The number of hydrogen-bond donors (Lipinski definition) is 1. The van der Waals surface area contributed by atoms with Crippen molar-refractivity contribution in [1.82, 2.24) is 9.80 Å². The summed E-state index contributed by atoms with van der Waals surface area (Å²) in [5, 5.41) is 9.00. The molecule has 0 aromatic rings. The molecule has 2 atom stereocenters. The summed E-state index contributed by atoms with van der Waals surface area (Å²) >= 11 is 0. The predicted molar refractivity (Wildman–Crippen MR) is 81.9 cm³/mol. The highest BCUT2D eigenvalue weighted by molar-refractivity contribution is 4.83. The first kappa shape index (κ1) is 16.2. The summed E-state index contributed by atoms with van der Waals surface area (Å²) < 4.78 is 5.97. The Morgan fingerprint density at radius 2 is 2.15 bits per heavy atom. The van der Waals surface area contributed by atoms with Crippen LogP contribution in [0.3, 0.4) is 0 Å². The summed E-state index contributed by atoms with van der Waals surface area (Å²) in [5.41, 5.74) is 0. The van der Waals surface area contributed by atoms with Crippen LogP contribution in [0.25, 0.3) is 0 Å². The molecule has 4 heteroatoms. The molecule has 2 aliphatic rings. The smallest absolute Gasteiger partial charge is 0.0829 e. The van der Waals surface area contributed by atoms with Crippen LogP contribution in [0.15, 0.2) is 0 Å². The van der Waals surface area contributed by atoms with Crippen molar-refractivity contribution in [2.45, 2.75) is 51.7 Å². The fourth-order valence-corrected chi connectivity index (χ4v) is 3.62. The molecule has 0 saturated carbocycles. The van der Waals surface area contributed by atoms with Gasteiger partial charge in [0.05, 0.1) is 12.7 Å². The molecule has 118 valence electrons. The third kappa shape index (κ3) is 4.99. The van der Waals surface area contributed by atoms with Crippen molar-refractivity contribution in [3.8, 4) is 0 Å². The van der Waals surface area contributed by atoms with Gasteiger partial charge in [-0.1, -0.05) is 13.8 Å². The van der Waals surface area contributed by atoms with E-state index in [1.165, 1.54) is 25.9 Å². The summed E-state index contributed by atoms with van der Waals surface area (Å²) in [6.45, 7) is 11.4. The molecule has 2 rings (SSSR count). The normalized spacial score (nSPS) is 29.4. The minimum absolute atomic E-state index is 0.326. The molecular weight excluding hydrogens is 252 g/mol. The van der Waals surface area contributed by atoms with Crippen molar-refractivity contribution in [3.05, 3.63) is 0 Å². The van der Waals surface area contributed by atoms with Gasteiger partial charge in [-0.15, -0.1) is 0 Å². The van der Waals surface area contributed by atoms with Gasteiger partial charge in [0, 0.05) is 38.8 Å². The van der Waals surface area contributed by atoms with E-state index in [1.807, 2.05) is 0 Å². The molecule has 0 aromatic carbocycles. The molecule has 0 aliphatic carbocycles. The molecule has 0 bridgehead atoms. The van der Waals surface area contributed by atoms with Crippen molar-refractivity contribution in [2.75, 3.05) is 45.9 Å². The molecule has 2 unspecified atom stereocenters. The van der Waals surface area contributed by atoms with Gasteiger partial charge in [0.25, 0.3) is 0 Å². The van der Waals surface area contributed by atoms with Gasteiger partial charge in [-0.25, -0.2) is 0 Å². The molecule has 4 nitrogen and oxygen atoms in total. The monoisotopic (exact) mass is 284 g/mol. The zero-order valence-electron chi connectivity index (χ0n) is 13.3. The van der Waals surface area contributed by atoms with Gasteiger partial charge in [-0.2, -0.15) is 0 Å². The Kier molecular flexibility index (Phi) is 6.75. The van der Waals surface area contributed by atoms with Gasteiger partial charge < -0.3 is 9.84 Å². The Balaban J connectivity index is 1.76. The highest BCUT2D eigenvalue weighted by atomic mass is 16.5. The van der Waals surface area contributed by atoms with E-state index in [0.29, 0.717) is 18.8 Å². The van der Waals surface area contributed by atoms with E-state index in [-0.39, 0.29) is 0 Å². The molecule has 0 radical (unpaired) electrons. The third-order valence-corrected chi connectivity index (χ3v) is 4.48. The number of hydrogen-bond acceptors (Lipinski definition) is 4. The van der Waals surface area contributed by atoms with Crippen LogP contribution in [0.2, 0.25) is 0 Å². The van der Waals surface area contributed by atoms with E-state index < -0.39 is 0 Å². The fraction of sp³-hybridized carbons (Fsp3) is 1.00. The Morgan fingerprint density at radius 1 is 1.30 bits per heavy atom. The number of likely N-dealkylation sites (tertiary alicyclic amines) is 1. The number of ether oxygens (including phenoxy) is 1. The Hall–Kier alpha value is -0.160. The zero-order chi connectivity index (χ0) is 14.4. The average Bonchev–Trinajstić information content (AvgIpc) is 2.83. The van der Waals surface area contributed by atoms with Crippen LogP contribution in [-0.4, -0.2) is 73.0 Å². The molecule has 2 fully saturated rings. The molecule has 20 heavy (non-hydrogen) atoms. The van der Waals surface area contributed by atoms with Crippen LogP contribution < -0.4 is 0 Å².